The summed E-state index contributed by atoms with van der Waals surface area (Å²) < 4.78 is 33.0. The van der Waals surface area contributed by atoms with Crippen molar-refractivity contribution in [3.05, 3.63) is 23.2 Å². The Morgan fingerprint density at radius 1 is 1.22 bits per heavy atom. The Hall–Kier alpha value is -0.490. The van der Waals surface area contributed by atoms with E-state index in [9.17, 15) is 8.42 Å². The summed E-state index contributed by atoms with van der Waals surface area (Å²) in [6.07, 6.45) is 1.60. The van der Waals surface area contributed by atoms with Gasteiger partial charge in [0.25, 0.3) is 9.05 Å². The Balaban J connectivity index is 2.71. The fourth-order valence-electron chi connectivity index (χ4n) is 1.32. The van der Waals surface area contributed by atoms with E-state index in [1.165, 1.54) is 12.1 Å². The van der Waals surface area contributed by atoms with Crippen LogP contribution >= 0.6 is 22.3 Å². The van der Waals surface area contributed by atoms with E-state index in [1.807, 2.05) is 0 Å². The first kappa shape index (κ1) is 15.6. The molecule has 0 saturated carbocycles. The Kier molecular flexibility index (Phi) is 6.21. The molecule has 0 atom stereocenters. The zero-order chi connectivity index (χ0) is 13.6. The van der Waals surface area contributed by atoms with Crippen LogP contribution in [-0.4, -0.2) is 28.7 Å². The summed E-state index contributed by atoms with van der Waals surface area (Å²) in [6.45, 7) is 1.04. The van der Waals surface area contributed by atoms with Crippen LogP contribution in [0.2, 0.25) is 5.02 Å². The molecule has 0 amide bonds. The van der Waals surface area contributed by atoms with Gasteiger partial charge in [-0.15, -0.1) is 0 Å². The van der Waals surface area contributed by atoms with Crippen molar-refractivity contribution in [2.24, 2.45) is 0 Å². The lowest BCUT2D eigenvalue weighted by atomic mass is 10.3. The Bertz CT molecular complexity index is 488. The second-order valence-electron chi connectivity index (χ2n) is 3.58. The number of ether oxygens (including phenoxy) is 2. The molecule has 0 aliphatic carbocycles. The monoisotopic (exact) mass is 312 g/mol. The highest BCUT2D eigenvalue weighted by Gasteiger charge is 2.17. The molecule has 4 nitrogen and oxygen atoms in total. The van der Waals surface area contributed by atoms with Crippen LogP contribution in [0.4, 0.5) is 0 Å². The summed E-state index contributed by atoms with van der Waals surface area (Å²) >= 11 is 5.73. The number of unbranched alkanes of at least 4 members (excludes halogenated alkanes) is 1. The molecule has 1 aromatic carbocycles. The first-order chi connectivity index (χ1) is 8.45. The SMILES string of the molecule is COCCCCOc1ccc(Cl)cc1S(=O)(=O)Cl. The summed E-state index contributed by atoms with van der Waals surface area (Å²) in [4.78, 5) is -0.108. The lowest BCUT2D eigenvalue weighted by Crippen LogP contribution is -2.03. The molecule has 0 bridgehead atoms. The number of methoxy groups -OCH3 is 1. The fourth-order valence-corrected chi connectivity index (χ4v) is 2.56. The third kappa shape index (κ3) is 5.02. The van der Waals surface area contributed by atoms with E-state index >= 15 is 0 Å². The smallest absolute Gasteiger partial charge is 0.265 e. The van der Waals surface area contributed by atoms with Gasteiger partial charge in [-0.25, -0.2) is 8.42 Å². The maximum Gasteiger partial charge on any atom is 0.265 e. The average Bonchev–Trinajstić information content (AvgIpc) is 2.29. The summed E-state index contributed by atoms with van der Waals surface area (Å²) in [7, 11) is 3.07. The molecule has 1 rings (SSSR count). The van der Waals surface area contributed by atoms with Crippen molar-refractivity contribution in [3.8, 4) is 5.75 Å². The van der Waals surface area contributed by atoms with Crippen LogP contribution in [0.5, 0.6) is 5.75 Å². The molecule has 0 spiro atoms. The Morgan fingerprint density at radius 3 is 2.50 bits per heavy atom. The van der Waals surface area contributed by atoms with E-state index in [1.54, 1.807) is 13.2 Å². The Labute approximate surface area is 116 Å². The maximum absolute atomic E-state index is 11.3. The standard InChI is InChI=1S/C11H14Cl2O4S/c1-16-6-2-3-7-17-10-5-4-9(12)8-11(10)18(13,14)15/h4-5,8H,2-3,6-7H2,1H3. The van der Waals surface area contributed by atoms with Crippen LogP contribution in [-0.2, 0) is 13.8 Å². The van der Waals surface area contributed by atoms with E-state index in [-0.39, 0.29) is 10.6 Å². The highest BCUT2D eigenvalue weighted by molar-refractivity contribution is 8.13. The van der Waals surface area contributed by atoms with Gasteiger partial charge >= 0.3 is 0 Å². The molecular weight excluding hydrogens is 299 g/mol. The highest BCUT2D eigenvalue weighted by Crippen LogP contribution is 2.29. The van der Waals surface area contributed by atoms with Gasteiger partial charge in [0.15, 0.2) is 0 Å². The molecule has 0 saturated heterocycles. The molecule has 0 radical (unpaired) electrons. The maximum atomic E-state index is 11.3. The van der Waals surface area contributed by atoms with Gasteiger partial charge < -0.3 is 9.47 Å². The van der Waals surface area contributed by atoms with Gasteiger partial charge in [-0.05, 0) is 31.0 Å². The van der Waals surface area contributed by atoms with Crippen LogP contribution in [0.15, 0.2) is 23.1 Å². The lowest BCUT2D eigenvalue weighted by molar-refractivity contribution is 0.183. The molecule has 0 aliphatic heterocycles. The van der Waals surface area contributed by atoms with Crippen molar-refractivity contribution in [1.29, 1.82) is 0 Å². The zero-order valence-electron chi connectivity index (χ0n) is 9.86. The van der Waals surface area contributed by atoms with Crippen molar-refractivity contribution in [2.75, 3.05) is 20.3 Å². The van der Waals surface area contributed by atoms with E-state index in [0.717, 1.165) is 12.8 Å². The second kappa shape index (κ2) is 7.19. The topological polar surface area (TPSA) is 52.6 Å². The Morgan fingerprint density at radius 2 is 1.89 bits per heavy atom. The van der Waals surface area contributed by atoms with Crippen LogP contribution < -0.4 is 4.74 Å². The second-order valence-corrected chi connectivity index (χ2v) is 6.55. The van der Waals surface area contributed by atoms with Gasteiger partial charge in [-0.3, -0.25) is 0 Å². The van der Waals surface area contributed by atoms with Crippen LogP contribution in [0.25, 0.3) is 0 Å². The molecular formula is C11H14Cl2O4S. The minimum atomic E-state index is -3.87. The first-order valence-electron chi connectivity index (χ1n) is 5.31. The first-order valence-corrected chi connectivity index (χ1v) is 8.00. The van der Waals surface area contributed by atoms with Crippen molar-refractivity contribution < 1.29 is 17.9 Å². The van der Waals surface area contributed by atoms with Gasteiger partial charge in [0, 0.05) is 29.4 Å². The number of hydrogen-bond donors (Lipinski definition) is 0. The zero-order valence-corrected chi connectivity index (χ0v) is 12.2. The van der Waals surface area contributed by atoms with Crippen molar-refractivity contribution in [2.45, 2.75) is 17.7 Å². The van der Waals surface area contributed by atoms with E-state index in [4.69, 9.17) is 31.8 Å². The third-order valence-electron chi connectivity index (χ3n) is 2.17. The molecule has 18 heavy (non-hydrogen) atoms. The molecule has 0 aromatic heterocycles. The largest absolute Gasteiger partial charge is 0.492 e. The molecule has 7 heteroatoms. The average molecular weight is 313 g/mol. The third-order valence-corrected chi connectivity index (χ3v) is 3.75. The van der Waals surface area contributed by atoms with Crippen molar-refractivity contribution >= 4 is 31.3 Å². The highest BCUT2D eigenvalue weighted by atomic mass is 35.7. The predicted octanol–water partition coefficient (Wildman–Crippen LogP) is 3.07. The minimum absolute atomic E-state index is 0.108. The molecule has 0 fully saturated rings. The number of hydrogen-bond acceptors (Lipinski definition) is 4. The van der Waals surface area contributed by atoms with Crippen molar-refractivity contribution in [1.82, 2.24) is 0 Å². The molecule has 1 aromatic rings. The molecule has 0 aliphatic rings. The predicted molar refractivity (Wildman–Crippen MR) is 71.1 cm³/mol. The van der Waals surface area contributed by atoms with Crippen LogP contribution in [0.1, 0.15) is 12.8 Å². The molecule has 0 N–H and O–H groups in total. The van der Waals surface area contributed by atoms with E-state index in [2.05, 4.69) is 0 Å². The van der Waals surface area contributed by atoms with Crippen LogP contribution in [0, 0.1) is 0 Å². The molecule has 102 valence electrons. The molecule has 0 unspecified atom stereocenters. The van der Waals surface area contributed by atoms with E-state index in [0.29, 0.717) is 18.2 Å². The number of rotatable bonds is 7. The normalized spacial score (nSPS) is 11.5. The van der Waals surface area contributed by atoms with Gasteiger partial charge in [-0.2, -0.15) is 0 Å². The summed E-state index contributed by atoms with van der Waals surface area (Å²) in [5, 5.41) is 0.293. The van der Waals surface area contributed by atoms with Gasteiger partial charge in [-0.1, -0.05) is 11.6 Å². The van der Waals surface area contributed by atoms with Crippen LogP contribution in [0.3, 0.4) is 0 Å². The number of halogens is 2. The molecule has 0 heterocycles. The summed E-state index contributed by atoms with van der Waals surface area (Å²) in [6, 6.07) is 4.32. The van der Waals surface area contributed by atoms with Gasteiger partial charge in [0.05, 0.1) is 6.61 Å². The van der Waals surface area contributed by atoms with Gasteiger partial charge in [0.2, 0.25) is 0 Å². The minimum Gasteiger partial charge on any atom is -0.492 e. The van der Waals surface area contributed by atoms with Gasteiger partial charge in [0.1, 0.15) is 10.6 Å². The fraction of sp³-hybridized carbons (Fsp3) is 0.455. The lowest BCUT2D eigenvalue weighted by Gasteiger charge is -2.09. The summed E-state index contributed by atoms with van der Waals surface area (Å²) in [5.74, 6) is 0.215. The van der Waals surface area contributed by atoms with Crippen molar-refractivity contribution in [3.63, 3.8) is 0 Å². The quantitative estimate of drug-likeness (QED) is 0.573. The van der Waals surface area contributed by atoms with E-state index < -0.39 is 9.05 Å². The summed E-state index contributed by atoms with van der Waals surface area (Å²) in [5.41, 5.74) is 0. The number of benzene rings is 1.